The van der Waals surface area contributed by atoms with E-state index in [2.05, 4.69) is 17.6 Å². The first-order valence-corrected chi connectivity index (χ1v) is 6.98. The molecule has 0 radical (unpaired) electrons. The van der Waals surface area contributed by atoms with E-state index in [4.69, 9.17) is 4.74 Å². The number of rotatable bonds is 6. The molecule has 1 heterocycles. The number of anilines is 1. The molecule has 4 nitrogen and oxygen atoms in total. The zero-order valence-electron chi connectivity index (χ0n) is 11.4. The van der Waals surface area contributed by atoms with Crippen LogP contribution in [0.1, 0.15) is 25.3 Å². The van der Waals surface area contributed by atoms with Crippen LogP contribution in [0.5, 0.6) is 0 Å². The van der Waals surface area contributed by atoms with E-state index in [1.54, 1.807) is 0 Å². The van der Waals surface area contributed by atoms with Crippen LogP contribution in [0.3, 0.4) is 0 Å². The second kappa shape index (κ2) is 7.26. The van der Waals surface area contributed by atoms with Gasteiger partial charge >= 0.3 is 0 Å². The minimum absolute atomic E-state index is 0.0951. The van der Waals surface area contributed by atoms with E-state index >= 15 is 0 Å². The molecule has 0 saturated carbocycles. The van der Waals surface area contributed by atoms with Crippen LogP contribution in [0.15, 0.2) is 24.3 Å². The average Bonchev–Trinajstić information content (AvgIpc) is 2.93. The SMILES string of the molecule is CCc1ccc(NC(=O)COC[C@@H]2CCCN2)cc1. The maximum Gasteiger partial charge on any atom is 0.250 e. The number of carbonyl (C=O) groups excluding carboxylic acids is 1. The van der Waals surface area contributed by atoms with Crippen molar-refractivity contribution in [3.8, 4) is 0 Å². The summed E-state index contributed by atoms with van der Waals surface area (Å²) in [6.07, 6.45) is 3.34. The van der Waals surface area contributed by atoms with Crippen molar-refractivity contribution in [2.45, 2.75) is 32.2 Å². The fourth-order valence-electron chi connectivity index (χ4n) is 2.21. The van der Waals surface area contributed by atoms with E-state index in [0.29, 0.717) is 12.6 Å². The molecule has 4 heteroatoms. The summed E-state index contributed by atoms with van der Waals surface area (Å²) in [5.41, 5.74) is 2.09. The van der Waals surface area contributed by atoms with Crippen LogP contribution >= 0.6 is 0 Å². The van der Waals surface area contributed by atoms with E-state index in [0.717, 1.165) is 25.1 Å². The molecule has 1 aliphatic rings. The van der Waals surface area contributed by atoms with Crippen LogP contribution in [-0.4, -0.2) is 31.7 Å². The van der Waals surface area contributed by atoms with Crippen molar-refractivity contribution in [2.75, 3.05) is 25.1 Å². The molecule has 1 atom stereocenters. The highest BCUT2D eigenvalue weighted by molar-refractivity contribution is 5.91. The molecule has 1 aromatic rings. The maximum atomic E-state index is 11.7. The van der Waals surface area contributed by atoms with E-state index < -0.39 is 0 Å². The number of aryl methyl sites for hydroxylation is 1. The number of carbonyl (C=O) groups is 1. The van der Waals surface area contributed by atoms with Gasteiger partial charge in [-0.25, -0.2) is 0 Å². The van der Waals surface area contributed by atoms with Gasteiger partial charge in [-0.2, -0.15) is 0 Å². The molecule has 1 saturated heterocycles. The molecule has 1 aromatic carbocycles. The molecule has 0 aliphatic carbocycles. The zero-order valence-corrected chi connectivity index (χ0v) is 11.4. The largest absolute Gasteiger partial charge is 0.370 e. The summed E-state index contributed by atoms with van der Waals surface area (Å²) in [5, 5.41) is 6.17. The Bertz CT molecular complexity index is 397. The lowest BCUT2D eigenvalue weighted by molar-refractivity contribution is -0.120. The monoisotopic (exact) mass is 262 g/mol. The van der Waals surface area contributed by atoms with Crippen molar-refractivity contribution < 1.29 is 9.53 Å². The van der Waals surface area contributed by atoms with Gasteiger partial charge in [0.1, 0.15) is 6.61 Å². The summed E-state index contributed by atoms with van der Waals surface area (Å²) < 4.78 is 5.42. The molecule has 0 spiro atoms. The lowest BCUT2D eigenvalue weighted by Gasteiger charge is -2.11. The average molecular weight is 262 g/mol. The summed E-state index contributed by atoms with van der Waals surface area (Å²) in [6.45, 7) is 3.90. The maximum absolute atomic E-state index is 11.7. The lowest BCUT2D eigenvalue weighted by Crippen LogP contribution is -2.29. The fraction of sp³-hybridized carbons (Fsp3) is 0.533. The number of ether oxygens (including phenoxy) is 1. The molecule has 19 heavy (non-hydrogen) atoms. The molecule has 0 bridgehead atoms. The lowest BCUT2D eigenvalue weighted by atomic mass is 10.1. The standard InChI is InChI=1S/C15H22N2O2/c1-2-12-5-7-13(8-6-12)17-15(18)11-19-10-14-4-3-9-16-14/h5-8,14,16H,2-4,9-11H2,1H3,(H,17,18)/t14-/m0/s1. The normalized spacial score (nSPS) is 18.5. The Balaban J connectivity index is 1.68. The highest BCUT2D eigenvalue weighted by Crippen LogP contribution is 2.10. The Morgan fingerprint density at radius 3 is 2.84 bits per heavy atom. The van der Waals surface area contributed by atoms with Gasteiger partial charge in [-0.1, -0.05) is 19.1 Å². The Hall–Kier alpha value is -1.39. The molecule has 0 aromatic heterocycles. The third-order valence-corrected chi connectivity index (χ3v) is 3.36. The summed E-state index contributed by atoms with van der Waals surface area (Å²) in [6, 6.07) is 8.32. The molecule has 1 aliphatic heterocycles. The smallest absolute Gasteiger partial charge is 0.250 e. The van der Waals surface area contributed by atoms with Gasteiger partial charge in [0.2, 0.25) is 5.91 Å². The molecule has 104 valence electrons. The first-order chi connectivity index (χ1) is 9.28. The Morgan fingerprint density at radius 2 is 2.21 bits per heavy atom. The van der Waals surface area contributed by atoms with E-state index in [1.165, 1.54) is 12.0 Å². The molecule has 0 unspecified atom stereocenters. The second-order valence-corrected chi connectivity index (χ2v) is 4.91. The van der Waals surface area contributed by atoms with Crippen molar-refractivity contribution in [3.63, 3.8) is 0 Å². The molecule has 1 fully saturated rings. The van der Waals surface area contributed by atoms with Crippen LogP contribution < -0.4 is 10.6 Å². The molecular weight excluding hydrogens is 240 g/mol. The Labute approximate surface area is 114 Å². The first kappa shape index (κ1) is 14.0. The van der Waals surface area contributed by atoms with Gasteiger partial charge in [0.15, 0.2) is 0 Å². The predicted molar refractivity (Wildman–Crippen MR) is 76.3 cm³/mol. The predicted octanol–water partition coefficient (Wildman–Crippen LogP) is 1.96. The van der Waals surface area contributed by atoms with Gasteiger partial charge in [0.25, 0.3) is 0 Å². The van der Waals surface area contributed by atoms with Crippen molar-refractivity contribution >= 4 is 11.6 Å². The van der Waals surface area contributed by atoms with Gasteiger partial charge in [-0.05, 0) is 43.5 Å². The summed E-state index contributed by atoms with van der Waals surface area (Å²) in [5.74, 6) is -0.0951. The van der Waals surface area contributed by atoms with Gasteiger partial charge in [-0.15, -0.1) is 0 Å². The number of hydrogen-bond acceptors (Lipinski definition) is 3. The minimum Gasteiger partial charge on any atom is -0.370 e. The van der Waals surface area contributed by atoms with Gasteiger partial charge in [0.05, 0.1) is 6.61 Å². The zero-order chi connectivity index (χ0) is 13.5. The van der Waals surface area contributed by atoms with E-state index in [9.17, 15) is 4.79 Å². The first-order valence-electron chi connectivity index (χ1n) is 6.98. The second-order valence-electron chi connectivity index (χ2n) is 4.91. The molecule has 1 amide bonds. The van der Waals surface area contributed by atoms with Crippen LogP contribution in [0, 0.1) is 0 Å². The van der Waals surface area contributed by atoms with Crippen LogP contribution in [-0.2, 0) is 16.0 Å². The van der Waals surface area contributed by atoms with Crippen molar-refractivity contribution in [1.82, 2.24) is 5.32 Å². The van der Waals surface area contributed by atoms with Crippen molar-refractivity contribution in [3.05, 3.63) is 29.8 Å². The Morgan fingerprint density at radius 1 is 1.42 bits per heavy atom. The van der Waals surface area contributed by atoms with Crippen molar-refractivity contribution in [2.24, 2.45) is 0 Å². The third kappa shape index (κ3) is 4.65. The third-order valence-electron chi connectivity index (χ3n) is 3.36. The fourth-order valence-corrected chi connectivity index (χ4v) is 2.21. The molecule has 2 rings (SSSR count). The minimum atomic E-state index is -0.0951. The Kier molecular flexibility index (Phi) is 5.36. The number of amides is 1. The topological polar surface area (TPSA) is 50.4 Å². The van der Waals surface area contributed by atoms with Gasteiger partial charge in [0, 0.05) is 11.7 Å². The number of hydrogen-bond donors (Lipinski definition) is 2. The molecular formula is C15H22N2O2. The molecule has 2 N–H and O–H groups in total. The quantitative estimate of drug-likeness (QED) is 0.824. The van der Waals surface area contributed by atoms with Crippen LogP contribution in [0.4, 0.5) is 5.69 Å². The van der Waals surface area contributed by atoms with Crippen LogP contribution in [0.25, 0.3) is 0 Å². The summed E-state index contributed by atoms with van der Waals surface area (Å²) in [4.78, 5) is 11.7. The highest BCUT2D eigenvalue weighted by Gasteiger charge is 2.14. The van der Waals surface area contributed by atoms with Gasteiger partial charge in [-0.3, -0.25) is 4.79 Å². The summed E-state index contributed by atoms with van der Waals surface area (Å²) in [7, 11) is 0. The van der Waals surface area contributed by atoms with Crippen LogP contribution in [0.2, 0.25) is 0 Å². The van der Waals surface area contributed by atoms with E-state index in [-0.39, 0.29) is 12.5 Å². The summed E-state index contributed by atoms with van der Waals surface area (Å²) >= 11 is 0. The van der Waals surface area contributed by atoms with Crippen molar-refractivity contribution in [1.29, 1.82) is 0 Å². The number of benzene rings is 1. The van der Waals surface area contributed by atoms with Gasteiger partial charge < -0.3 is 15.4 Å². The number of nitrogens with one attached hydrogen (secondary N) is 2. The van der Waals surface area contributed by atoms with E-state index in [1.807, 2.05) is 24.3 Å². The highest BCUT2D eigenvalue weighted by atomic mass is 16.5.